The van der Waals surface area contributed by atoms with Crippen LogP contribution in [-0.4, -0.2) is 33.7 Å². The SMILES string of the molecule is CCC(CC)(C(C)=O)C(C)=O.O=C(O)CC(=O)O. The molecule has 0 aliphatic carbocycles. The molecule has 0 aromatic rings. The highest BCUT2D eigenvalue weighted by Crippen LogP contribution is 2.28. The Kier molecular flexibility index (Phi) is 8.68. The van der Waals surface area contributed by atoms with Crippen molar-refractivity contribution in [2.45, 2.75) is 47.0 Å². The van der Waals surface area contributed by atoms with Gasteiger partial charge in [0.25, 0.3) is 0 Å². The van der Waals surface area contributed by atoms with E-state index in [2.05, 4.69) is 0 Å². The third-order valence-electron chi connectivity index (χ3n) is 2.86. The van der Waals surface area contributed by atoms with Gasteiger partial charge in [-0.1, -0.05) is 13.8 Å². The van der Waals surface area contributed by atoms with E-state index in [-0.39, 0.29) is 11.6 Å². The maximum absolute atomic E-state index is 11.1. The second-order valence-electron chi connectivity index (χ2n) is 3.87. The number of carboxylic acid groups (broad SMARTS) is 2. The molecule has 104 valence electrons. The summed E-state index contributed by atoms with van der Waals surface area (Å²) in [5.41, 5.74) is -0.694. The summed E-state index contributed by atoms with van der Waals surface area (Å²) >= 11 is 0. The summed E-state index contributed by atoms with van der Waals surface area (Å²) in [4.78, 5) is 41.2. The molecule has 0 saturated carbocycles. The second kappa shape index (κ2) is 8.38. The standard InChI is InChI=1S/C9H16O2.C3H4O4/c1-5-9(6-2,7(3)10)8(4)11;4-2(5)1-3(6)7/h5-6H2,1-4H3;1H2,(H,4,5)(H,6,7). The molecule has 0 radical (unpaired) electrons. The minimum atomic E-state index is -1.31. The molecule has 0 aromatic heterocycles. The van der Waals surface area contributed by atoms with E-state index in [0.717, 1.165) is 0 Å². The lowest BCUT2D eigenvalue weighted by Gasteiger charge is -2.24. The Morgan fingerprint density at radius 1 is 0.833 bits per heavy atom. The van der Waals surface area contributed by atoms with Crippen LogP contribution in [0.2, 0.25) is 0 Å². The number of hydrogen-bond acceptors (Lipinski definition) is 4. The van der Waals surface area contributed by atoms with Crippen molar-refractivity contribution in [3.63, 3.8) is 0 Å². The van der Waals surface area contributed by atoms with Gasteiger partial charge in [0.2, 0.25) is 0 Å². The minimum Gasteiger partial charge on any atom is -0.481 e. The Morgan fingerprint density at radius 3 is 1.11 bits per heavy atom. The number of rotatable bonds is 6. The number of hydrogen-bond donors (Lipinski definition) is 2. The zero-order chi connectivity index (χ0) is 14.9. The number of aliphatic carboxylic acids is 2. The van der Waals surface area contributed by atoms with Crippen LogP contribution in [0.3, 0.4) is 0 Å². The molecule has 0 rings (SSSR count). The third-order valence-corrected chi connectivity index (χ3v) is 2.86. The van der Waals surface area contributed by atoms with Crippen molar-refractivity contribution in [1.29, 1.82) is 0 Å². The average Bonchev–Trinajstić information content (AvgIpc) is 2.17. The summed E-state index contributed by atoms with van der Waals surface area (Å²) in [5.74, 6) is -2.63. The normalized spacial score (nSPS) is 10.0. The van der Waals surface area contributed by atoms with Gasteiger partial charge in [0.1, 0.15) is 18.0 Å². The van der Waals surface area contributed by atoms with E-state index in [1.165, 1.54) is 13.8 Å². The molecule has 0 spiro atoms. The number of carboxylic acids is 2. The van der Waals surface area contributed by atoms with E-state index >= 15 is 0 Å². The molecule has 0 aliphatic heterocycles. The maximum Gasteiger partial charge on any atom is 0.314 e. The Bertz CT molecular complexity index is 299. The van der Waals surface area contributed by atoms with Crippen LogP contribution < -0.4 is 0 Å². The predicted molar refractivity (Wildman–Crippen MR) is 64.3 cm³/mol. The van der Waals surface area contributed by atoms with Crippen molar-refractivity contribution in [2.24, 2.45) is 5.41 Å². The van der Waals surface area contributed by atoms with Crippen LogP contribution in [0.25, 0.3) is 0 Å². The summed E-state index contributed by atoms with van der Waals surface area (Å²) in [5, 5.41) is 15.4. The van der Waals surface area contributed by atoms with Crippen molar-refractivity contribution in [3.8, 4) is 0 Å². The number of Topliss-reactive ketones (excluding diaryl/α,β-unsaturated/α-hetero) is 2. The smallest absolute Gasteiger partial charge is 0.314 e. The Balaban J connectivity index is 0. The lowest BCUT2D eigenvalue weighted by atomic mass is 9.76. The quantitative estimate of drug-likeness (QED) is 0.701. The first-order chi connectivity index (χ1) is 8.13. The van der Waals surface area contributed by atoms with Crippen molar-refractivity contribution in [2.75, 3.05) is 0 Å². The fourth-order valence-corrected chi connectivity index (χ4v) is 1.62. The van der Waals surface area contributed by atoms with Gasteiger partial charge in [0.05, 0.1) is 5.41 Å². The number of carbonyl (C=O) groups is 4. The Hall–Kier alpha value is -1.72. The van der Waals surface area contributed by atoms with Crippen molar-refractivity contribution < 1.29 is 29.4 Å². The van der Waals surface area contributed by atoms with Gasteiger partial charge in [0.15, 0.2) is 0 Å². The van der Waals surface area contributed by atoms with Gasteiger partial charge < -0.3 is 10.2 Å². The largest absolute Gasteiger partial charge is 0.481 e. The molecule has 6 heteroatoms. The summed E-state index contributed by atoms with van der Waals surface area (Å²) in [6, 6.07) is 0. The topological polar surface area (TPSA) is 109 Å². The van der Waals surface area contributed by atoms with Gasteiger partial charge in [-0.15, -0.1) is 0 Å². The molecule has 0 heterocycles. The van der Waals surface area contributed by atoms with Gasteiger partial charge in [-0.25, -0.2) is 0 Å². The van der Waals surface area contributed by atoms with Gasteiger partial charge in [-0.3, -0.25) is 19.2 Å². The fourth-order valence-electron chi connectivity index (χ4n) is 1.62. The summed E-state index contributed by atoms with van der Waals surface area (Å²) in [6.07, 6.45) is 0.433. The molecule has 6 nitrogen and oxygen atoms in total. The maximum atomic E-state index is 11.1. The Labute approximate surface area is 106 Å². The zero-order valence-corrected chi connectivity index (χ0v) is 11.1. The average molecular weight is 260 g/mol. The van der Waals surface area contributed by atoms with Crippen LogP contribution in [0.4, 0.5) is 0 Å². The van der Waals surface area contributed by atoms with Crippen molar-refractivity contribution in [1.82, 2.24) is 0 Å². The molecular formula is C12H20O6. The van der Waals surface area contributed by atoms with Crippen LogP contribution in [0, 0.1) is 5.41 Å². The van der Waals surface area contributed by atoms with E-state index in [0.29, 0.717) is 12.8 Å². The minimum absolute atomic E-state index is 0.00463. The van der Waals surface area contributed by atoms with E-state index in [9.17, 15) is 19.2 Å². The van der Waals surface area contributed by atoms with Crippen LogP contribution in [0.1, 0.15) is 47.0 Å². The fraction of sp³-hybridized carbons (Fsp3) is 0.667. The molecule has 0 unspecified atom stereocenters. The molecule has 2 N–H and O–H groups in total. The number of ketones is 2. The van der Waals surface area contributed by atoms with E-state index in [4.69, 9.17) is 10.2 Å². The van der Waals surface area contributed by atoms with Crippen molar-refractivity contribution >= 4 is 23.5 Å². The molecule has 18 heavy (non-hydrogen) atoms. The van der Waals surface area contributed by atoms with E-state index in [1.807, 2.05) is 13.8 Å². The van der Waals surface area contributed by atoms with Crippen LogP contribution in [0.15, 0.2) is 0 Å². The predicted octanol–water partition coefficient (Wildman–Crippen LogP) is 1.52. The lowest BCUT2D eigenvalue weighted by Crippen LogP contribution is -2.35. The zero-order valence-electron chi connectivity index (χ0n) is 11.1. The lowest BCUT2D eigenvalue weighted by molar-refractivity contribution is -0.147. The van der Waals surface area contributed by atoms with Gasteiger partial charge in [-0.2, -0.15) is 0 Å². The Morgan fingerprint density at radius 2 is 1.11 bits per heavy atom. The van der Waals surface area contributed by atoms with Crippen molar-refractivity contribution in [3.05, 3.63) is 0 Å². The molecule has 0 fully saturated rings. The van der Waals surface area contributed by atoms with E-state index < -0.39 is 23.8 Å². The van der Waals surface area contributed by atoms with Crippen LogP contribution in [0.5, 0.6) is 0 Å². The first kappa shape index (κ1) is 18.6. The molecule has 0 saturated heterocycles. The van der Waals surface area contributed by atoms with Gasteiger partial charge in [-0.05, 0) is 26.7 Å². The third kappa shape index (κ3) is 6.12. The molecule has 0 aliphatic rings. The van der Waals surface area contributed by atoms with Crippen LogP contribution in [-0.2, 0) is 19.2 Å². The highest BCUT2D eigenvalue weighted by atomic mass is 16.4. The summed E-state index contributed by atoms with van der Waals surface area (Å²) in [7, 11) is 0. The highest BCUT2D eigenvalue weighted by molar-refractivity contribution is 6.04. The first-order valence-electron chi connectivity index (χ1n) is 5.59. The van der Waals surface area contributed by atoms with E-state index in [1.54, 1.807) is 0 Å². The highest BCUT2D eigenvalue weighted by Gasteiger charge is 2.36. The summed E-state index contributed by atoms with van der Waals surface area (Å²) < 4.78 is 0. The molecule has 0 aromatic carbocycles. The molecular weight excluding hydrogens is 240 g/mol. The van der Waals surface area contributed by atoms with Gasteiger partial charge in [0, 0.05) is 0 Å². The summed E-state index contributed by atoms with van der Waals surface area (Å²) in [6.45, 7) is 6.75. The van der Waals surface area contributed by atoms with Crippen LogP contribution >= 0.6 is 0 Å². The molecule has 0 atom stereocenters. The second-order valence-corrected chi connectivity index (χ2v) is 3.87. The van der Waals surface area contributed by atoms with Gasteiger partial charge >= 0.3 is 11.9 Å². The number of carbonyl (C=O) groups excluding carboxylic acids is 2. The molecule has 0 amide bonds. The monoisotopic (exact) mass is 260 g/mol. The molecule has 0 bridgehead atoms. The first-order valence-corrected chi connectivity index (χ1v) is 5.59.